The van der Waals surface area contributed by atoms with Gasteiger partial charge >= 0.3 is 0 Å². The number of nitrogens with zero attached hydrogens (tertiary/aromatic N) is 2. The Labute approximate surface area is 175 Å². The zero-order valence-corrected chi connectivity index (χ0v) is 18.6. The first kappa shape index (κ1) is 22.2. The van der Waals surface area contributed by atoms with E-state index in [2.05, 4.69) is 17.3 Å². The fourth-order valence-electron chi connectivity index (χ4n) is 4.45. The molecule has 1 aromatic rings. The molecule has 1 saturated heterocycles. The first-order valence-corrected chi connectivity index (χ1v) is 12.4. The first-order chi connectivity index (χ1) is 13.9. The van der Waals surface area contributed by atoms with Gasteiger partial charge in [0, 0.05) is 25.2 Å². The van der Waals surface area contributed by atoms with Crippen molar-refractivity contribution in [3.8, 4) is 0 Å². The number of sulfonamides is 1. The number of likely N-dealkylation sites (tertiary alicyclic amines) is 1. The molecule has 7 heteroatoms. The van der Waals surface area contributed by atoms with Gasteiger partial charge in [-0.25, -0.2) is 8.42 Å². The Morgan fingerprint density at radius 1 is 1.14 bits per heavy atom. The van der Waals surface area contributed by atoms with Crippen LogP contribution in [-0.4, -0.2) is 63.3 Å². The summed E-state index contributed by atoms with van der Waals surface area (Å²) in [6.45, 7) is 2.87. The Kier molecular flexibility index (Phi) is 7.71. The zero-order valence-electron chi connectivity index (χ0n) is 17.8. The summed E-state index contributed by atoms with van der Waals surface area (Å²) < 4.78 is 27.6. The number of hydrogen-bond acceptors (Lipinski definition) is 4. The van der Waals surface area contributed by atoms with Crippen LogP contribution in [0.5, 0.6) is 0 Å². The first-order valence-electron chi connectivity index (χ1n) is 10.9. The lowest BCUT2D eigenvalue weighted by Crippen LogP contribution is -2.38. The van der Waals surface area contributed by atoms with Gasteiger partial charge in [0.15, 0.2) is 0 Å². The van der Waals surface area contributed by atoms with Gasteiger partial charge in [-0.3, -0.25) is 4.79 Å². The van der Waals surface area contributed by atoms with Gasteiger partial charge in [-0.2, -0.15) is 4.31 Å². The van der Waals surface area contributed by atoms with E-state index in [4.69, 9.17) is 0 Å². The quantitative estimate of drug-likeness (QED) is 0.734. The van der Waals surface area contributed by atoms with E-state index in [0.717, 1.165) is 45.2 Å². The molecule has 0 unspecified atom stereocenters. The molecule has 2 aliphatic rings. The van der Waals surface area contributed by atoms with E-state index in [1.54, 1.807) is 25.2 Å². The van der Waals surface area contributed by atoms with Crippen molar-refractivity contribution in [2.24, 2.45) is 5.92 Å². The van der Waals surface area contributed by atoms with Crippen LogP contribution < -0.4 is 5.32 Å². The Morgan fingerprint density at radius 3 is 2.52 bits per heavy atom. The second-order valence-corrected chi connectivity index (χ2v) is 10.6. The van der Waals surface area contributed by atoms with E-state index in [0.29, 0.717) is 18.0 Å². The average molecular weight is 422 g/mol. The highest BCUT2D eigenvalue weighted by Gasteiger charge is 2.29. The number of hydrogen-bond donors (Lipinski definition) is 1. The third-order valence-corrected chi connectivity index (χ3v) is 8.44. The van der Waals surface area contributed by atoms with Crippen LogP contribution in [0.15, 0.2) is 29.2 Å². The summed E-state index contributed by atoms with van der Waals surface area (Å²) in [4.78, 5) is 15.1. The van der Waals surface area contributed by atoms with E-state index in [1.165, 1.54) is 29.6 Å². The topological polar surface area (TPSA) is 69.7 Å². The standard InChI is InChI=1S/C22H35N3O3S/c1-24-15-12-18(13-16-24)11-14-23-22(26)19-7-6-10-21(17-19)29(27,28)25(2)20-8-4-3-5-9-20/h6-7,10,17-18,20H,3-5,8-9,11-16H2,1-2H3,(H,23,26). The minimum atomic E-state index is -3.59. The van der Waals surface area contributed by atoms with Gasteiger partial charge in [-0.05, 0) is 76.4 Å². The van der Waals surface area contributed by atoms with E-state index in [9.17, 15) is 13.2 Å². The molecule has 29 heavy (non-hydrogen) atoms. The number of nitrogens with one attached hydrogen (secondary N) is 1. The molecule has 1 heterocycles. The molecule has 0 radical (unpaired) electrons. The number of carbonyl (C=O) groups is 1. The van der Waals surface area contributed by atoms with Gasteiger partial charge in [0.25, 0.3) is 5.91 Å². The van der Waals surface area contributed by atoms with Crippen LogP contribution >= 0.6 is 0 Å². The molecule has 3 rings (SSSR count). The van der Waals surface area contributed by atoms with Crippen LogP contribution in [0.4, 0.5) is 0 Å². The van der Waals surface area contributed by atoms with Crippen LogP contribution in [0.25, 0.3) is 0 Å². The molecule has 0 spiro atoms. The number of benzene rings is 1. The minimum Gasteiger partial charge on any atom is -0.352 e. The molecule has 1 aliphatic carbocycles. The molecule has 0 atom stereocenters. The van der Waals surface area contributed by atoms with Crippen LogP contribution in [0.2, 0.25) is 0 Å². The van der Waals surface area contributed by atoms with Gasteiger partial charge in [0.1, 0.15) is 0 Å². The third-order valence-electron chi connectivity index (χ3n) is 6.54. The van der Waals surface area contributed by atoms with E-state index in [-0.39, 0.29) is 16.8 Å². The Hall–Kier alpha value is -1.44. The van der Waals surface area contributed by atoms with Crippen LogP contribution in [0.1, 0.15) is 61.7 Å². The molecular formula is C22H35N3O3S. The SMILES string of the molecule is CN1CCC(CCNC(=O)c2cccc(S(=O)(=O)N(C)C3CCCCC3)c2)CC1. The summed E-state index contributed by atoms with van der Waals surface area (Å²) >= 11 is 0. The lowest BCUT2D eigenvalue weighted by molar-refractivity contribution is 0.0948. The highest BCUT2D eigenvalue weighted by Crippen LogP contribution is 2.26. The highest BCUT2D eigenvalue weighted by atomic mass is 32.2. The molecule has 162 valence electrons. The molecule has 2 fully saturated rings. The highest BCUT2D eigenvalue weighted by molar-refractivity contribution is 7.89. The average Bonchev–Trinajstić information content (AvgIpc) is 2.75. The molecule has 1 aromatic carbocycles. The van der Waals surface area contributed by atoms with Gasteiger partial charge in [-0.1, -0.05) is 25.3 Å². The molecule has 1 saturated carbocycles. The summed E-state index contributed by atoms with van der Waals surface area (Å²) in [5.74, 6) is 0.456. The number of piperidine rings is 1. The predicted molar refractivity (Wildman–Crippen MR) is 115 cm³/mol. The van der Waals surface area contributed by atoms with Crippen LogP contribution in [-0.2, 0) is 10.0 Å². The number of rotatable bonds is 7. The zero-order chi connectivity index (χ0) is 20.9. The second-order valence-electron chi connectivity index (χ2n) is 8.63. The summed E-state index contributed by atoms with van der Waals surface area (Å²) in [6.07, 6.45) is 8.47. The van der Waals surface area contributed by atoms with Crippen molar-refractivity contribution in [1.29, 1.82) is 0 Å². The predicted octanol–water partition coefficient (Wildman–Crippen LogP) is 3.10. The van der Waals surface area contributed by atoms with Gasteiger partial charge in [-0.15, -0.1) is 0 Å². The maximum Gasteiger partial charge on any atom is 0.251 e. The Bertz CT molecular complexity index is 782. The van der Waals surface area contributed by atoms with Crippen molar-refractivity contribution in [2.45, 2.75) is 62.3 Å². The van der Waals surface area contributed by atoms with Crippen molar-refractivity contribution in [2.75, 3.05) is 33.7 Å². The number of carbonyl (C=O) groups excluding carboxylic acids is 1. The maximum absolute atomic E-state index is 13.0. The van der Waals surface area contributed by atoms with Crippen molar-refractivity contribution in [1.82, 2.24) is 14.5 Å². The fraction of sp³-hybridized carbons (Fsp3) is 0.682. The van der Waals surface area contributed by atoms with Crippen LogP contribution in [0.3, 0.4) is 0 Å². The van der Waals surface area contributed by atoms with Crippen molar-refractivity contribution in [3.05, 3.63) is 29.8 Å². The van der Waals surface area contributed by atoms with Gasteiger partial charge in [0.2, 0.25) is 10.0 Å². The largest absolute Gasteiger partial charge is 0.352 e. The van der Waals surface area contributed by atoms with Gasteiger partial charge in [0.05, 0.1) is 4.90 Å². The summed E-state index contributed by atoms with van der Waals surface area (Å²) in [5, 5.41) is 2.97. The van der Waals surface area contributed by atoms with Crippen molar-refractivity contribution in [3.63, 3.8) is 0 Å². The maximum atomic E-state index is 13.0. The van der Waals surface area contributed by atoms with Gasteiger partial charge < -0.3 is 10.2 Å². The van der Waals surface area contributed by atoms with E-state index < -0.39 is 10.0 Å². The lowest BCUT2D eigenvalue weighted by Gasteiger charge is -2.30. The van der Waals surface area contributed by atoms with E-state index in [1.807, 2.05) is 0 Å². The molecule has 0 aromatic heterocycles. The van der Waals surface area contributed by atoms with Crippen molar-refractivity contribution < 1.29 is 13.2 Å². The summed E-state index contributed by atoms with van der Waals surface area (Å²) in [7, 11) is 0.221. The Morgan fingerprint density at radius 2 is 1.83 bits per heavy atom. The normalized spacial score (nSPS) is 20.1. The molecular weight excluding hydrogens is 386 g/mol. The smallest absolute Gasteiger partial charge is 0.251 e. The second kappa shape index (κ2) is 10.0. The molecule has 6 nitrogen and oxygen atoms in total. The lowest BCUT2D eigenvalue weighted by atomic mass is 9.94. The molecule has 1 N–H and O–H groups in total. The summed E-state index contributed by atoms with van der Waals surface area (Å²) in [5.41, 5.74) is 0.409. The third kappa shape index (κ3) is 5.80. The Balaban J connectivity index is 1.58. The molecule has 0 bridgehead atoms. The number of amides is 1. The minimum absolute atomic E-state index is 0.0563. The molecule has 1 aliphatic heterocycles. The summed E-state index contributed by atoms with van der Waals surface area (Å²) in [6, 6.07) is 6.50. The van der Waals surface area contributed by atoms with E-state index >= 15 is 0 Å². The monoisotopic (exact) mass is 421 g/mol. The fourth-order valence-corrected chi connectivity index (χ4v) is 5.91. The van der Waals surface area contributed by atoms with Crippen molar-refractivity contribution >= 4 is 15.9 Å². The van der Waals surface area contributed by atoms with Crippen LogP contribution in [0, 0.1) is 5.92 Å². The molecule has 1 amide bonds.